The van der Waals surface area contributed by atoms with E-state index >= 15 is 0 Å². The Labute approximate surface area is 183 Å². The first-order chi connectivity index (χ1) is 14.5. The largest absolute Gasteiger partial charge is 0.478 e. The highest BCUT2D eigenvalue weighted by Crippen LogP contribution is 2.27. The molecule has 0 saturated carbocycles. The van der Waals surface area contributed by atoms with E-state index in [-0.39, 0.29) is 5.57 Å². The Kier molecular flexibility index (Phi) is 5.70. The van der Waals surface area contributed by atoms with Crippen LogP contribution in [0.1, 0.15) is 11.3 Å². The van der Waals surface area contributed by atoms with Gasteiger partial charge in [0.2, 0.25) is 0 Å². The predicted octanol–water partition coefficient (Wildman–Crippen LogP) is 6.47. The number of hydrogen-bond donors (Lipinski definition) is 1. The molecule has 6 heteroatoms. The predicted molar refractivity (Wildman–Crippen MR) is 121 cm³/mol. The van der Waals surface area contributed by atoms with Gasteiger partial charge in [-0.3, -0.25) is 0 Å². The van der Waals surface area contributed by atoms with E-state index in [1.54, 1.807) is 47.2 Å². The van der Waals surface area contributed by atoms with Crippen molar-refractivity contribution in [3.8, 4) is 16.9 Å². The number of benzene rings is 3. The molecule has 0 spiro atoms. The first kappa shape index (κ1) is 20.0. The molecule has 1 aromatic heterocycles. The van der Waals surface area contributed by atoms with Gasteiger partial charge in [0.05, 0.1) is 22.6 Å². The lowest BCUT2D eigenvalue weighted by Gasteiger charge is -2.07. The van der Waals surface area contributed by atoms with Crippen molar-refractivity contribution in [1.82, 2.24) is 9.78 Å². The van der Waals surface area contributed by atoms with Crippen LogP contribution in [0.4, 0.5) is 0 Å². The first-order valence-electron chi connectivity index (χ1n) is 9.13. The maximum atomic E-state index is 11.9. The van der Waals surface area contributed by atoms with Crippen LogP contribution in [-0.4, -0.2) is 20.9 Å². The Morgan fingerprint density at radius 1 is 0.867 bits per heavy atom. The van der Waals surface area contributed by atoms with E-state index in [2.05, 4.69) is 5.10 Å². The fourth-order valence-corrected chi connectivity index (χ4v) is 3.45. The van der Waals surface area contributed by atoms with Gasteiger partial charge in [-0.15, -0.1) is 0 Å². The number of nitrogens with zero attached hydrogens (tertiary/aromatic N) is 2. The molecule has 0 atom stereocenters. The molecule has 0 bridgehead atoms. The van der Waals surface area contributed by atoms with Gasteiger partial charge in [-0.1, -0.05) is 65.7 Å². The number of halogens is 2. The second-order valence-corrected chi connectivity index (χ2v) is 7.46. The lowest BCUT2D eigenvalue weighted by Crippen LogP contribution is -2.01. The third kappa shape index (κ3) is 4.30. The normalized spacial score (nSPS) is 11.5. The van der Waals surface area contributed by atoms with E-state index < -0.39 is 5.97 Å². The number of hydrogen-bond acceptors (Lipinski definition) is 2. The molecule has 0 unspecified atom stereocenters. The fraction of sp³-hybridized carbons (Fsp3) is 0. The minimum atomic E-state index is -1.06. The van der Waals surface area contributed by atoms with Crippen molar-refractivity contribution in [2.75, 3.05) is 0 Å². The fourth-order valence-electron chi connectivity index (χ4n) is 3.14. The van der Waals surface area contributed by atoms with Gasteiger partial charge in [-0.05, 0) is 54.1 Å². The maximum absolute atomic E-state index is 11.9. The quantitative estimate of drug-likeness (QED) is 0.366. The molecule has 0 saturated heterocycles. The van der Waals surface area contributed by atoms with E-state index in [1.165, 1.54) is 0 Å². The lowest BCUT2D eigenvalue weighted by atomic mass is 10.0. The molecule has 0 aliphatic carbocycles. The smallest absolute Gasteiger partial charge is 0.336 e. The zero-order valence-corrected chi connectivity index (χ0v) is 17.2. The van der Waals surface area contributed by atoms with Gasteiger partial charge >= 0.3 is 5.97 Å². The average Bonchev–Trinajstić information content (AvgIpc) is 3.17. The molecule has 4 rings (SSSR count). The number of carboxylic acids is 1. The molecular weight excluding hydrogens is 419 g/mol. The molecular formula is C24H16Cl2N2O2. The Bertz CT molecular complexity index is 1230. The highest BCUT2D eigenvalue weighted by molar-refractivity contribution is 6.31. The number of aliphatic carboxylic acids is 1. The molecule has 0 aliphatic heterocycles. The Hall–Kier alpha value is -3.34. The monoisotopic (exact) mass is 434 g/mol. The zero-order valence-electron chi connectivity index (χ0n) is 15.7. The molecule has 0 amide bonds. The average molecular weight is 435 g/mol. The van der Waals surface area contributed by atoms with E-state index in [9.17, 15) is 9.90 Å². The van der Waals surface area contributed by atoms with Crippen molar-refractivity contribution in [2.45, 2.75) is 0 Å². The van der Waals surface area contributed by atoms with Crippen molar-refractivity contribution in [3.05, 3.63) is 106 Å². The number of carboxylic acid groups (broad SMARTS) is 1. The zero-order chi connectivity index (χ0) is 21.1. The van der Waals surface area contributed by atoms with Crippen LogP contribution in [-0.2, 0) is 4.79 Å². The molecule has 148 valence electrons. The van der Waals surface area contributed by atoms with E-state index in [4.69, 9.17) is 23.2 Å². The number of carbonyl (C=O) groups is 1. The van der Waals surface area contributed by atoms with Gasteiger partial charge in [0.1, 0.15) is 0 Å². The van der Waals surface area contributed by atoms with Crippen molar-refractivity contribution in [1.29, 1.82) is 0 Å². The summed E-state index contributed by atoms with van der Waals surface area (Å²) in [5.41, 5.74) is 3.74. The van der Waals surface area contributed by atoms with Crippen molar-refractivity contribution in [2.24, 2.45) is 0 Å². The number of rotatable bonds is 5. The summed E-state index contributed by atoms with van der Waals surface area (Å²) in [6, 6.07) is 25.7. The summed E-state index contributed by atoms with van der Waals surface area (Å²) >= 11 is 12.1. The molecule has 1 heterocycles. The van der Waals surface area contributed by atoms with Crippen LogP contribution < -0.4 is 0 Å². The van der Waals surface area contributed by atoms with Crippen LogP contribution in [0.25, 0.3) is 28.6 Å². The topological polar surface area (TPSA) is 55.1 Å². The van der Waals surface area contributed by atoms with Gasteiger partial charge in [0, 0.05) is 15.6 Å². The van der Waals surface area contributed by atoms with Crippen LogP contribution >= 0.6 is 23.2 Å². The third-order valence-electron chi connectivity index (χ3n) is 4.53. The highest BCUT2D eigenvalue weighted by atomic mass is 35.5. The molecule has 0 radical (unpaired) electrons. The van der Waals surface area contributed by atoms with Gasteiger partial charge < -0.3 is 5.11 Å². The molecule has 3 aromatic carbocycles. The summed E-state index contributed by atoms with van der Waals surface area (Å²) in [6.07, 6.45) is 1.55. The standard InChI is InChI=1S/C24H16Cl2N2O2/c25-18-9-11-21(12-10-18)28-23(16-5-2-1-3-6-16)15-20(27-28)14-22(24(29)30)17-7-4-8-19(26)13-17/h1-15H,(H,29,30)/b22-14-. The maximum Gasteiger partial charge on any atom is 0.336 e. The molecule has 30 heavy (non-hydrogen) atoms. The van der Waals surface area contributed by atoms with Crippen molar-refractivity contribution >= 4 is 40.8 Å². The minimum Gasteiger partial charge on any atom is -0.478 e. The SMILES string of the molecule is O=C(O)/C(=C\c1cc(-c2ccccc2)n(-c2ccc(Cl)cc2)n1)c1cccc(Cl)c1. The Balaban J connectivity index is 1.87. The van der Waals surface area contributed by atoms with Gasteiger partial charge in [-0.2, -0.15) is 5.10 Å². The van der Waals surface area contributed by atoms with E-state index in [0.717, 1.165) is 16.9 Å². The van der Waals surface area contributed by atoms with Crippen LogP contribution in [0, 0.1) is 0 Å². The van der Waals surface area contributed by atoms with Crippen LogP contribution in [0.5, 0.6) is 0 Å². The van der Waals surface area contributed by atoms with E-state index in [1.807, 2.05) is 48.5 Å². The van der Waals surface area contributed by atoms with Gasteiger partial charge in [0.15, 0.2) is 0 Å². The summed E-state index contributed by atoms with van der Waals surface area (Å²) in [6.45, 7) is 0. The van der Waals surface area contributed by atoms with Crippen LogP contribution in [0.3, 0.4) is 0 Å². The molecule has 4 aromatic rings. The molecule has 1 N–H and O–H groups in total. The number of aromatic nitrogens is 2. The Morgan fingerprint density at radius 2 is 1.60 bits per heavy atom. The van der Waals surface area contributed by atoms with Gasteiger partial charge in [-0.25, -0.2) is 9.48 Å². The van der Waals surface area contributed by atoms with Gasteiger partial charge in [0.25, 0.3) is 0 Å². The summed E-state index contributed by atoms with van der Waals surface area (Å²) in [5, 5.41) is 15.5. The second kappa shape index (κ2) is 8.57. The second-order valence-electron chi connectivity index (χ2n) is 6.58. The summed E-state index contributed by atoms with van der Waals surface area (Å²) in [7, 11) is 0. The summed E-state index contributed by atoms with van der Waals surface area (Å²) in [4.78, 5) is 11.9. The summed E-state index contributed by atoms with van der Waals surface area (Å²) in [5.74, 6) is -1.06. The summed E-state index contributed by atoms with van der Waals surface area (Å²) < 4.78 is 1.77. The van der Waals surface area contributed by atoms with Crippen LogP contribution in [0.15, 0.2) is 84.9 Å². The van der Waals surface area contributed by atoms with E-state index in [0.29, 0.717) is 21.3 Å². The molecule has 4 nitrogen and oxygen atoms in total. The third-order valence-corrected chi connectivity index (χ3v) is 5.01. The first-order valence-corrected chi connectivity index (χ1v) is 9.89. The Morgan fingerprint density at radius 3 is 2.27 bits per heavy atom. The lowest BCUT2D eigenvalue weighted by molar-refractivity contribution is -0.130. The van der Waals surface area contributed by atoms with Crippen molar-refractivity contribution < 1.29 is 9.90 Å². The van der Waals surface area contributed by atoms with Crippen LogP contribution in [0.2, 0.25) is 10.0 Å². The molecule has 0 fully saturated rings. The highest BCUT2D eigenvalue weighted by Gasteiger charge is 2.15. The molecule has 0 aliphatic rings. The van der Waals surface area contributed by atoms with Crippen molar-refractivity contribution in [3.63, 3.8) is 0 Å². The minimum absolute atomic E-state index is 0.109.